The zero-order valence-electron chi connectivity index (χ0n) is 23.9. The van der Waals surface area contributed by atoms with Gasteiger partial charge < -0.3 is 4.74 Å². The summed E-state index contributed by atoms with van der Waals surface area (Å²) in [4.78, 5) is 0. The molecule has 0 N–H and O–H groups in total. The Bertz CT molecular complexity index is 1190. The number of rotatable bonds is 10. The number of hydrogen-bond acceptors (Lipinski definition) is 1. The van der Waals surface area contributed by atoms with Gasteiger partial charge in [-0.15, -0.1) is 0 Å². The standard InChI is InChI=1S/C35H44F2O/c1-6-25-22-29(18-21-32(25)38-23-35(7-2,8-3)9-4)31-20-19-30(33(36)34(31)37)28-16-14-27(15-17-28)26-12-10-24(5)11-13-26/h14-22,24,26H,6-13,23H2,1-5H3. The molecule has 0 radical (unpaired) electrons. The van der Waals surface area contributed by atoms with Crippen molar-refractivity contribution in [3.8, 4) is 28.0 Å². The van der Waals surface area contributed by atoms with Crippen molar-refractivity contribution in [1.82, 2.24) is 0 Å². The summed E-state index contributed by atoms with van der Waals surface area (Å²) in [5, 5.41) is 0. The van der Waals surface area contributed by atoms with E-state index in [1.807, 2.05) is 30.3 Å². The minimum atomic E-state index is -0.800. The van der Waals surface area contributed by atoms with Crippen molar-refractivity contribution >= 4 is 0 Å². The van der Waals surface area contributed by atoms with Crippen molar-refractivity contribution in [3.63, 3.8) is 0 Å². The maximum Gasteiger partial charge on any atom is 0.167 e. The summed E-state index contributed by atoms with van der Waals surface area (Å²) >= 11 is 0. The fourth-order valence-electron chi connectivity index (χ4n) is 5.97. The molecule has 1 saturated carbocycles. The number of halogens is 2. The van der Waals surface area contributed by atoms with Crippen molar-refractivity contribution in [2.75, 3.05) is 6.61 Å². The number of hydrogen-bond donors (Lipinski definition) is 0. The Balaban J connectivity index is 1.55. The van der Waals surface area contributed by atoms with E-state index in [2.05, 4.69) is 46.8 Å². The lowest BCUT2D eigenvalue weighted by Gasteiger charge is -2.30. The molecule has 1 nitrogen and oxygen atoms in total. The molecule has 3 heteroatoms. The van der Waals surface area contributed by atoms with Crippen molar-refractivity contribution in [2.24, 2.45) is 11.3 Å². The van der Waals surface area contributed by atoms with Gasteiger partial charge in [0, 0.05) is 16.5 Å². The van der Waals surface area contributed by atoms with E-state index in [1.54, 1.807) is 12.1 Å². The molecule has 38 heavy (non-hydrogen) atoms. The van der Waals surface area contributed by atoms with Crippen LogP contribution in [0, 0.1) is 23.0 Å². The SMILES string of the molecule is CCc1cc(-c2ccc(-c3ccc(C4CCC(C)CC4)cc3)c(F)c2F)ccc1OCC(CC)(CC)CC. The van der Waals surface area contributed by atoms with Crippen LogP contribution in [0.15, 0.2) is 54.6 Å². The third kappa shape index (κ3) is 5.98. The Morgan fingerprint density at radius 3 is 1.84 bits per heavy atom. The fourth-order valence-corrected chi connectivity index (χ4v) is 5.97. The molecular formula is C35H44F2O. The van der Waals surface area contributed by atoms with Crippen LogP contribution >= 0.6 is 0 Å². The van der Waals surface area contributed by atoms with Crippen LogP contribution in [-0.2, 0) is 6.42 Å². The van der Waals surface area contributed by atoms with Crippen LogP contribution in [0.3, 0.4) is 0 Å². The Labute approximate surface area is 228 Å². The van der Waals surface area contributed by atoms with E-state index in [4.69, 9.17) is 4.74 Å². The Morgan fingerprint density at radius 1 is 0.737 bits per heavy atom. The molecule has 0 unspecified atom stereocenters. The third-order valence-electron chi connectivity index (χ3n) is 9.33. The molecule has 1 aliphatic rings. The van der Waals surface area contributed by atoms with Crippen LogP contribution in [0.2, 0.25) is 0 Å². The molecule has 0 aliphatic heterocycles. The second-order valence-corrected chi connectivity index (χ2v) is 11.4. The van der Waals surface area contributed by atoms with Gasteiger partial charge >= 0.3 is 0 Å². The van der Waals surface area contributed by atoms with Crippen LogP contribution in [-0.4, -0.2) is 6.61 Å². The molecule has 0 amide bonds. The molecular weight excluding hydrogens is 474 g/mol. The van der Waals surface area contributed by atoms with E-state index in [0.29, 0.717) is 29.2 Å². The average Bonchev–Trinajstić information content (AvgIpc) is 2.96. The maximum atomic E-state index is 15.4. The van der Waals surface area contributed by atoms with Gasteiger partial charge in [0.2, 0.25) is 0 Å². The first-order chi connectivity index (χ1) is 18.3. The molecule has 1 aliphatic carbocycles. The number of ether oxygens (including phenoxy) is 1. The van der Waals surface area contributed by atoms with Crippen LogP contribution < -0.4 is 4.74 Å². The van der Waals surface area contributed by atoms with Gasteiger partial charge in [0.1, 0.15) is 5.75 Å². The van der Waals surface area contributed by atoms with Crippen molar-refractivity contribution < 1.29 is 13.5 Å². The predicted octanol–water partition coefficient (Wildman–Crippen LogP) is 10.8. The van der Waals surface area contributed by atoms with Gasteiger partial charge in [-0.3, -0.25) is 0 Å². The molecule has 0 spiro atoms. The number of benzene rings is 3. The highest BCUT2D eigenvalue weighted by molar-refractivity contribution is 5.73. The van der Waals surface area contributed by atoms with Crippen LogP contribution in [0.4, 0.5) is 8.78 Å². The monoisotopic (exact) mass is 518 g/mol. The van der Waals surface area contributed by atoms with E-state index < -0.39 is 11.6 Å². The highest BCUT2D eigenvalue weighted by Crippen LogP contribution is 2.38. The molecule has 0 bridgehead atoms. The van der Waals surface area contributed by atoms with Crippen LogP contribution in [0.1, 0.15) is 96.6 Å². The second kappa shape index (κ2) is 12.5. The average molecular weight is 519 g/mol. The molecule has 0 aromatic heterocycles. The Hall–Kier alpha value is -2.68. The second-order valence-electron chi connectivity index (χ2n) is 11.4. The van der Waals surface area contributed by atoms with Crippen LogP contribution in [0.25, 0.3) is 22.3 Å². The molecule has 3 aromatic carbocycles. The normalized spacial score (nSPS) is 18.0. The number of aryl methyl sites for hydroxylation is 1. The molecule has 0 atom stereocenters. The first-order valence-electron chi connectivity index (χ1n) is 14.7. The van der Waals surface area contributed by atoms with Gasteiger partial charge in [-0.2, -0.15) is 0 Å². The van der Waals surface area contributed by atoms with Gasteiger partial charge in [0.15, 0.2) is 11.6 Å². The van der Waals surface area contributed by atoms with Crippen LogP contribution in [0.5, 0.6) is 5.75 Å². The lowest BCUT2D eigenvalue weighted by Crippen LogP contribution is -2.26. The van der Waals surface area contributed by atoms with Crippen molar-refractivity contribution in [2.45, 2.75) is 91.9 Å². The summed E-state index contributed by atoms with van der Waals surface area (Å²) in [5.74, 6) is 0.623. The van der Waals surface area contributed by atoms with E-state index in [1.165, 1.54) is 31.2 Å². The Kier molecular flexibility index (Phi) is 9.28. The quantitative estimate of drug-likeness (QED) is 0.259. The predicted molar refractivity (Wildman–Crippen MR) is 156 cm³/mol. The molecule has 4 rings (SSSR count). The lowest BCUT2D eigenvalue weighted by atomic mass is 9.79. The van der Waals surface area contributed by atoms with Gasteiger partial charge in [-0.1, -0.05) is 89.9 Å². The smallest absolute Gasteiger partial charge is 0.167 e. The maximum absolute atomic E-state index is 15.4. The first-order valence-corrected chi connectivity index (χ1v) is 14.7. The summed E-state index contributed by atoms with van der Waals surface area (Å²) in [6, 6.07) is 17.2. The highest BCUT2D eigenvalue weighted by atomic mass is 19.2. The van der Waals surface area contributed by atoms with E-state index in [0.717, 1.165) is 42.9 Å². The first kappa shape index (κ1) is 28.3. The topological polar surface area (TPSA) is 9.23 Å². The van der Waals surface area contributed by atoms with E-state index >= 15 is 8.78 Å². The summed E-state index contributed by atoms with van der Waals surface area (Å²) in [6.07, 6.45) is 8.90. The molecule has 0 heterocycles. The molecule has 0 saturated heterocycles. The minimum absolute atomic E-state index is 0.169. The molecule has 204 valence electrons. The van der Waals surface area contributed by atoms with Gasteiger partial charge in [-0.05, 0) is 84.7 Å². The fraction of sp³-hybridized carbons (Fsp3) is 0.486. The van der Waals surface area contributed by atoms with Crippen molar-refractivity contribution in [3.05, 3.63) is 77.4 Å². The summed E-state index contributed by atoms with van der Waals surface area (Å²) in [6.45, 7) is 11.7. The van der Waals surface area contributed by atoms with E-state index in [-0.39, 0.29) is 11.0 Å². The Morgan fingerprint density at radius 2 is 1.29 bits per heavy atom. The van der Waals surface area contributed by atoms with E-state index in [9.17, 15) is 0 Å². The molecule has 1 fully saturated rings. The summed E-state index contributed by atoms with van der Waals surface area (Å²) in [5.41, 5.74) is 4.46. The highest BCUT2D eigenvalue weighted by Gasteiger charge is 2.25. The largest absolute Gasteiger partial charge is 0.493 e. The third-order valence-corrected chi connectivity index (χ3v) is 9.33. The van der Waals surface area contributed by atoms with Gasteiger partial charge in [0.25, 0.3) is 0 Å². The minimum Gasteiger partial charge on any atom is -0.493 e. The van der Waals surface area contributed by atoms with Gasteiger partial charge in [-0.25, -0.2) is 8.78 Å². The zero-order valence-corrected chi connectivity index (χ0v) is 23.9. The lowest BCUT2D eigenvalue weighted by molar-refractivity contribution is 0.127. The summed E-state index contributed by atoms with van der Waals surface area (Å²) < 4.78 is 37.1. The summed E-state index contributed by atoms with van der Waals surface area (Å²) in [7, 11) is 0. The van der Waals surface area contributed by atoms with Crippen molar-refractivity contribution in [1.29, 1.82) is 0 Å². The molecule has 3 aromatic rings. The zero-order chi connectivity index (χ0) is 27.3. The van der Waals surface area contributed by atoms with Gasteiger partial charge in [0.05, 0.1) is 6.61 Å².